The van der Waals surface area contributed by atoms with E-state index in [4.69, 9.17) is 0 Å². The standard InChI is InChI=1S/C22H26F3N3O3S/c1-17-8-9-19(14-20(17)32(30,31)26-15-18-6-3-2-4-7-18)21(29)28-11-5-10-27(12-13-28)16-22(23,24)25/h2-4,6-9,14,26H,5,10-13,15-16H2,1H3. The molecule has 0 aliphatic carbocycles. The molecule has 6 nitrogen and oxygen atoms in total. The van der Waals surface area contributed by atoms with Crippen LogP contribution in [0, 0.1) is 6.92 Å². The van der Waals surface area contributed by atoms with Gasteiger partial charge in [0.25, 0.3) is 5.91 Å². The van der Waals surface area contributed by atoms with E-state index in [1.165, 1.54) is 15.9 Å². The third kappa shape index (κ3) is 6.54. The Morgan fingerprint density at radius 1 is 1.03 bits per heavy atom. The monoisotopic (exact) mass is 469 g/mol. The molecule has 1 amide bonds. The lowest BCUT2D eigenvalue weighted by Crippen LogP contribution is -2.38. The highest BCUT2D eigenvalue weighted by atomic mass is 32.2. The summed E-state index contributed by atoms with van der Waals surface area (Å²) in [5.74, 6) is -0.390. The van der Waals surface area contributed by atoms with Crippen LogP contribution in [0.3, 0.4) is 0 Å². The van der Waals surface area contributed by atoms with Gasteiger partial charge in [-0.3, -0.25) is 9.69 Å². The summed E-state index contributed by atoms with van der Waals surface area (Å²) in [6.07, 6.45) is -3.87. The predicted octanol–water partition coefficient (Wildman–Crippen LogP) is 3.18. The van der Waals surface area contributed by atoms with Gasteiger partial charge in [-0.25, -0.2) is 13.1 Å². The number of nitrogens with one attached hydrogen (secondary N) is 1. The van der Waals surface area contributed by atoms with Gasteiger partial charge in [-0.05, 0) is 36.6 Å². The van der Waals surface area contributed by atoms with E-state index in [-0.39, 0.29) is 36.6 Å². The van der Waals surface area contributed by atoms with Gasteiger partial charge >= 0.3 is 6.18 Å². The van der Waals surface area contributed by atoms with Crippen LogP contribution in [0.2, 0.25) is 0 Å². The molecule has 1 aliphatic heterocycles. The fourth-order valence-corrected chi connectivity index (χ4v) is 4.93. The van der Waals surface area contributed by atoms with Crippen LogP contribution in [-0.4, -0.2) is 63.0 Å². The molecule has 0 aromatic heterocycles. The Hall–Kier alpha value is -2.43. The van der Waals surface area contributed by atoms with Crippen molar-refractivity contribution >= 4 is 15.9 Å². The highest BCUT2D eigenvalue weighted by Crippen LogP contribution is 2.21. The average molecular weight is 470 g/mol. The smallest absolute Gasteiger partial charge is 0.337 e. The lowest BCUT2D eigenvalue weighted by Gasteiger charge is -2.23. The molecule has 0 unspecified atom stereocenters. The number of halogens is 3. The zero-order chi connectivity index (χ0) is 23.4. The van der Waals surface area contributed by atoms with Crippen LogP contribution in [0.1, 0.15) is 27.9 Å². The highest BCUT2D eigenvalue weighted by molar-refractivity contribution is 7.89. The number of carbonyl (C=O) groups is 1. The second kappa shape index (κ2) is 10.0. The van der Waals surface area contributed by atoms with Crippen LogP contribution in [0.4, 0.5) is 13.2 Å². The number of amides is 1. The van der Waals surface area contributed by atoms with Crippen LogP contribution in [0.5, 0.6) is 0 Å². The summed E-state index contributed by atoms with van der Waals surface area (Å²) in [4.78, 5) is 15.8. The molecule has 0 atom stereocenters. The Morgan fingerprint density at radius 3 is 2.44 bits per heavy atom. The molecule has 1 N–H and O–H groups in total. The van der Waals surface area contributed by atoms with Crippen LogP contribution >= 0.6 is 0 Å². The largest absolute Gasteiger partial charge is 0.401 e. The van der Waals surface area contributed by atoms with E-state index in [9.17, 15) is 26.4 Å². The van der Waals surface area contributed by atoms with Gasteiger partial charge in [0.2, 0.25) is 10.0 Å². The summed E-state index contributed by atoms with van der Waals surface area (Å²) in [6.45, 7) is 1.58. The maximum atomic E-state index is 13.0. The molecule has 2 aromatic rings. The van der Waals surface area contributed by atoms with Gasteiger partial charge in [-0.15, -0.1) is 0 Å². The Labute approximate surface area is 186 Å². The van der Waals surface area contributed by atoms with Crippen molar-refractivity contribution in [2.75, 3.05) is 32.7 Å². The van der Waals surface area contributed by atoms with E-state index in [2.05, 4.69) is 4.72 Å². The van der Waals surface area contributed by atoms with Gasteiger partial charge in [-0.1, -0.05) is 36.4 Å². The third-order valence-electron chi connectivity index (χ3n) is 5.31. The SMILES string of the molecule is Cc1ccc(C(=O)N2CCCN(CC(F)(F)F)CC2)cc1S(=O)(=O)NCc1ccccc1. The zero-order valence-corrected chi connectivity index (χ0v) is 18.5. The average Bonchev–Trinajstić information content (AvgIpc) is 2.97. The number of hydrogen-bond acceptors (Lipinski definition) is 4. The fraction of sp³-hybridized carbons (Fsp3) is 0.409. The van der Waals surface area contributed by atoms with Crippen LogP contribution < -0.4 is 4.72 Å². The highest BCUT2D eigenvalue weighted by Gasteiger charge is 2.32. The molecule has 1 fully saturated rings. The molecule has 10 heteroatoms. The van der Waals surface area contributed by atoms with Crippen LogP contribution in [-0.2, 0) is 16.6 Å². The van der Waals surface area contributed by atoms with Crippen LogP contribution in [0.25, 0.3) is 0 Å². The molecular formula is C22H26F3N3O3S. The summed E-state index contributed by atoms with van der Waals surface area (Å²) in [5, 5.41) is 0. The number of sulfonamides is 1. The number of hydrogen-bond donors (Lipinski definition) is 1. The zero-order valence-electron chi connectivity index (χ0n) is 17.7. The van der Waals surface area contributed by atoms with Gasteiger partial charge in [0.15, 0.2) is 0 Å². The molecule has 174 valence electrons. The lowest BCUT2D eigenvalue weighted by atomic mass is 10.1. The first-order valence-corrected chi connectivity index (χ1v) is 11.8. The minimum absolute atomic E-state index is 0.00722. The second-order valence-corrected chi connectivity index (χ2v) is 9.56. The topological polar surface area (TPSA) is 69.7 Å². The summed E-state index contributed by atoms with van der Waals surface area (Å²) in [6, 6.07) is 13.5. The minimum atomic E-state index is -4.29. The molecule has 2 aromatic carbocycles. The fourth-order valence-electron chi connectivity index (χ4n) is 3.64. The van der Waals surface area contributed by atoms with Gasteiger partial charge in [0, 0.05) is 38.3 Å². The third-order valence-corrected chi connectivity index (χ3v) is 6.86. The molecular weight excluding hydrogens is 443 g/mol. The van der Waals surface area contributed by atoms with Gasteiger partial charge in [0.05, 0.1) is 11.4 Å². The van der Waals surface area contributed by atoms with Crippen molar-refractivity contribution in [3.8, 4) is 0 Å². The number of rotatable bonds is 6. The number of aryl methyl sites for hydroxylation is 1. The van der Waals surface area contributed by atoms with Crippen molar-refractivity contribution in [1.82, 2.24) is 14.5 Å². The first kappa shape index (κ1) is 24.2. The summed E-state index contributed by atoms with van der Waals surface area (Å²) in [5.41, 5.74) is 1.49. The number of benzene rings is 2. The van der Waals surface area contributed by atoms with Crippen molar-refractivity contribution in [1.29, 1.82) is 0 Å². The molecule has 0 saturated carbocycles. The van der Waals surface area contributed by atoms with Crippen molar-refractivity contribution in [2.24, 2.45) is 0 Å². The molecule has 32 heavy (non-hydrogen) atoms. The maximum Gasteiger partial charge on any atom is 0.401 e. The summed E-state index contributed by atoms with van der Waals surface area (Å²) < 4.78 is 66.3. The van der Waals surface area contributed by atoms with Crippen molar-refractivity contribution in [3.05, 3.63) is 65.2 Å². The Balaban J connectivity index is 1.72. The first-order valence-electron chi connectivity index (χ1n) is 10.3. The van der Waals surface area contributed by atoms with E-state index >= 15 is 0 Å². The maximum absolute atomic E-state index is 13.0. The van der Waals surface area contributed by atoms with Crippen LogP contribution in [0.15, 0.2) is 53.4 Å². The van der Waals surface area contributed by atoms with Gasteiger partial charge in [0.1, 0.15) is 0 Å². The molecule has 3 rings (SSSR count). The number of nitrogens with zero attached hydrogens (tertiary/aromatic N) is 2. The Bertz CT molecular complexity index is 1040. The Kier molecular flexibility index (Phi) is 7.58. The molecule has 0 radical (unpaired) electrons. The lowest BCUT2D eigenvalue weighted by molar-refractivity contribution is -0.145. The normalized spacial score (nSPS) is 16.1. The van der Waals surface area contributed by atoms with E-state index in [1.54, 1.807) is 31.2 Å². The number of carbonyl (C=O) groups excluding carboxylic acids is 1. The van der Waals surface area contributed by atoms with Crippen molar-refractivity contribution < 1.29 is 26.4 Å². The van der Waals surface area contributed by atoms with Crippen molar-refractivity contribution in [2.45, 2.75) is 31.0 Å². The summed E-state index contributed by atoms with van der Waals surface area (Å²) >= 11 is 0. The Morgan fingerprint density at radius 2 is 1.75 bits per heavy atom. The molecule has 0 spiro atoms. The minimum Gasteiger partial charge on any atom is -0.337 e. The van der Waals surface area contributed by atoms with Crippen molar-refractivity contribution in [3.63, 3.8) is 0 Å². The van der Waals surface area contributed by atoms with Gasteiger partial charge < -0.3 is 4.90 Å². The molecule has 1 aliphatic rings. The predicted molar refractivity (Wildman–Crippen MR) is 115 cm³/mol. The van der Waals surface area contributed by atoms with E-state index in [1.807, 2.05) is 18.2 Å². The summed E-state index contributed by atoms with van der Waals surface area (Å²) in [7, 11) is -3.87. The van der Waals surface area contributed by atoms with E-state index in [0.717, 1.165) is 5.56 Å². The second-order valence-electron chi connectivity index (χ2n) is 7.83. The quantitative estimate of drug-likeness (QED) is 0.706. The number of alkyl halides is 3. The first-order chi connectivity index (χ1) is 15.0. The van der Waals surface area contributed by atoms with E-state index < -0.39 is 28.7 Å². The van der Waals surface area contributed by atoms with E-state index in [0.29, 0.717) is 18.5 Å². The molecule has 0 bridgehead atoms. The molecule has 1 saturated heterocycles. The van der Waals surface area contributed by atoms with Gasteiger partial charge in [-0.2, -0.15) is 13.2 Å². The molecule has 1 heterocycles.